The van der Waals surface area contributed by atoms with E-state index in [-0.39, 0.29) is 0 Å². The van der Waals surface area contributed by atoms with E-state index in [4.69, 9.17) is 5.73 Å². The summed E-state index contributed by atoms with van der Waals surface area (Å²) in [5.41, 5.74) is 8.95. The van der Waals surface area contributed by atoms with Crippen LogP contribution in [-0.2, 0) is 13.0 Å². The minimum Gasteiger partial charge on any atom is -0.399 e. The molecule has 0 bridgehead atoms. The maximum atomic E-state index is 5.64. The average Bonchev–Trinajstić information content (AvgIpc) is 2.69. The Balaban J connectivity index is 2.18. The summed E-state index contributed by atoms with van der Waals surface area (Å²) in [4.78, 5) is 4.14. The van der Waals surface area contributed by atoms with E-state index in [1.807, 2.05) is 24.7 Å². The van der Waals surface area contributed by atoms with Crippen molar-refractivity contribution < 1.29 is 0 Å². The Hall–Kier alpha value is -1.77. The molecule has 3 heteroatoms. The Morgan fingerprint density at radius 2 is 2.00 bits per heavy atom. The molecule has 1 aromatic carbocycles. The molecule has 78 valence electrons. The molecule has 0 saturated carbocycles. The summed E-state index contributed by atoms with van der Waals surface area (Å²) < 4.78 is 2.16. The van der Waals surface area contributed by atoms with Crippen molar-refractivity contribution in [2.45, 2.75) is 19.9 Å². The lowest BCUT2D eigenvalue weighted by molar-refractivity contribution is 0.747. The normalized spacial score (nSPS) is 10.5. The van der Waals surface area contributed by atoms with E-state index in [1.54, 1.807) is 0 Å². The van der Waals surface area contributed by atoms with Crippen LogP contribution in [0.2, 0.25) is 0 Å². The Kier molecular flexibility index (Phi) is 2.72. The molecule has 0 radical (unpaired) electrons. The number of hydrogen-bond acceptors (Lipinski definition) is 2. The third-order valence-corrected chi connectivity index (χ3v) is 2.49. The number of anilines is 1. The lowest BCUT2D eigenvalue weighted by atomic mass is 10.2. The number of aromatic nitrogens is 2. The number of nitrogens with zero attached hydrogens (tertiary/aromatic N) is 2. The third-order valence-electron chi connectivity index (χ3n) is 2.49. The zero-order valence-electron chi connectivity index (χ0n) is 8.85. The van der Waals surface area contributed by atoms with Crippen LogP contribution in [0.4, 0.5) is 5.69 Å². The Labute approximate surface area is 89.6 Å². The van der Waals surface area contributed by atoms with Crippen molar-refractivity contribution in [2.75, 3.05) is 5.73 Å². The number of benzene rings is 1. The van der Waals surface area contributed by atoms with Gasteiger partial charge >= 0.3 is 0 Å². The molecule has 0 amide bonds. The van der Waals surface area contributed by atoms with E-state index in [2.05, 4.69) is 28.6 Å². The molecule has 2 rings (SSSR count). The van der Waals surface area contributed by atoms with Gasteiger partial charge in [-0.05, 0) is 24.1 Å². The Morgan fingerprint density at radius 1 is 1.27 bits per heavy atom. The number of nitrogens with two attached hydrogens (primary N) is 1. The lowest BCUT2D eigenvalue weighted by Gasteiger charge is -2.06. The van der Waals surface area contributed by atoms with Crippen LogP contribution in [0.15, 0.2) is 36.8 Å². The summed E-state index contributed by atoms with van der Waals surface area (Å²) >= 11 is 0. The summed E-state index contributed by atoms with van der Waals surface area (Å²) in [6.07, 6.45) is 4.79. The number of imidazole rings is 1. The quantitative estimate of drug-likeness (QED) is 0.773. The zero-order valence-corrected chi connectivity index (χ0v) is 8.85. The standard InChI is InChI=1S/C12H15N3/c1-2-12-7-14-9-15(12)8-10-3-5-11(13)6-4-10/h3-7,9H,2,8,13H2,1H3. The number of hydrogen-bond donors (Lipinski definition) is 1. The first kappa shape index (κ1) is 9.77. The monoisotopic (exact) mass is 201 g/mol. The van der Waals surface area contributed by atoms with Crippen LogP contribution in [0.3, 0.4) is 0 Å². The second-order valence-corrected chi connectivity index (χ2v) is 3.61. The van der Waals surface area contributed by atoms with Crippen molar-refractivity contribution in [1.29, 1.82) is 0 Å². The molecule has 0 unspecified atom stereocenters. The third kappa shape index (κ3) is 2.18. The molecule has 2 N–H and O–H groups in total. The topological polar surface area (TPSA) is 43.8 Å². The largest absolute Gasteiger partial charge is 0.399 e. The fraction of sp³-hybridized carbons (Fsp3) is 0.250. The molecule has 1 aromatic heterocycles. The Bertz CT molecular complexity index is 428. The van der Waals surface area contributed by atoms with Gasteiger partial charge in [0, 0.05) is 24.1 Å². The fourth-order valence-electron chi connectivity index (χ4n) is 1.60. The minimum atomic E-state index is 0.806. The predicted molar refractivity (Wildman–Crippen MR) is 61.6 cm³/mol. The van der Waals surface area contributed by atoms with Crippen LogP contribution >= 0.6 is 0 Å². The van der Waals surface area contributed by atoms with E-state index < -0.39 is 0 Å². The second-order valence-electron chi connectivity index (χ2n) is 3.61. The highest BCUT2D eigenvalue weighted by Crippen LogP contribution is 2.09. The molecule has 0 aliphatic carbocycles. The molecule has 0 aliphatic rings. The van der Waals surface area contributed by atoms with Gasteiger partial charge in [-0.3, -0.25) is 0 Å². The van der Waals surface area contributed by atoms with Gasteiger partial charge in [0.2, 0.25) is 0 Å². The summed E-state index contributed by atoms with van der Waals surface area (Å²) in [7, 11) is 0. The number of aryl methyl sites for hydroxylation is 1. The fourth-order valence-corrected chi connectivity index (χ4v) is 1.60. The van der Waals surface area contributed by atoms with Gasteiger partial charge in [0.15, 0.2) is 0 Å². The van der Waals surface area contributed by atoms with Crippen molar-refractivity contribution in [3.8, 4) is 0 Å². The van der Waals surface area contributed by atoms with Gasteiger partial charge in [0.1, 0.15) is 0 Å². The highest BCUT2D eigenvalue weighted by molar-refractivity contribution is 5.39. The summed E-state index contributed by atoms with van der Waals surface area (Å²) in [5, 5.41) is 0. The molecule has 2 aromatic rings. The van der Waals surface area contributed by atoms with Crippen molar-refractivity contribution in [2.24, 2.45) is 0 Å². The number of nitrogen functional groups attached to an aromatic ring is 1. The first-order valence-corrected chi connectivity index (χ1v) is 5.13. The van der Waals surface area contributed by atoms with Crippen LogP contribution < -0.4 is 5.73 Å². The molecule has 0 saturated heterocycles. The van der Waals surface area contributed by atoms with E-state index >= 15 is 0 Å². The molecule has 0 fully saturated rings. The molecule has 3 nitrogen and oxygen atoms in total. The van der Waals surface area contributed by atoms with Gasteiger partial charge in [-0.1, -0.05) is 19.1 Å². The SMILES string of the molecule is CCc1cncn1Cc1ccc(N)cc1. The maximum Gasteiger partial charge on any atom is 0.0951 e. The smallest absolute Gasteiger partial charge is 0.0951 e. The molecular formula is C12H15N3. The van der Waals surface area contributed by atoms with Crippen LogP contribution in [0.1, 0.15) is 18.2 Å². The van der Waals surface area contributed by atoms with E-state index in [0.29, 0.717) is 0 Å². The highest BCUT2D eigenvalue weighted by atomic mass is 15.0. The van der Waals surface area contributed by atoms with Crippen molar-refractivity contribution >= 4 is 5.69 Å². The van der Waals surface area contributed by atoms with Gasteiger partial charge in [-0.15, -0.1) is 0 Å². The van der Waals surface area contributed by atoms with Crippen LogP contribution in [0.25, 0.3) is 0 Å². The van der Waals surface area contributed by atoms with E-state index in [0.717, 1.165) is 18.7 Å². The summed E-state index contributed by atoms with van der Waals surface area (Å²) in [6, 6.07) is 7.96. The van der Waals surface area contributed by atoms with Gasteiger partial charge < -0.3 is 10.3 Å². The molecule has 0 spiro atoms. The zero-order chi connectivity index (χ0) is 10.7. The first-order chi connectivity index (χ1) is 7.29. The van der Waals surface area contributed by atoms with Gasteiger partial charge in [-0.25, -0.2) is 4.98 Å². The van der Waals surface area contributed by atoms with Gasteiger partial charge in [0.25, 0.3) is 0 Å². The predicted octanol–water partition coefficient (Wildman–Crippen LogP) is 2.08. The first-order valence-electron chi connectivity index (χ1n) is 5.13. The molecule has 15 heavy (non-hydrogen) atoms. The Morgan fingerprint density at radius 3 is 2.67 bits per heavy atom. The summed E-state index contributed by atoms with van der Waals surface area (Å²) in [6.45, 7) is 3.00. The van der Waals surface area contributed by atoms with Crippen molar-refractivity contribution in [3.63, 3.8) is 0 Å². The molecule has 0 aliphatic heterocycles. The average molecular weight is 201 g/mol. The van der Waals surface area contributed by atoms with Crippen LogP contribution in [-0.4, -0.2) is 9.55 Å². The van der Waals surface area contributed by atoms with Crippen molar-refractivity contribution in [1.82, 2.24) is 9.55 Å². The van der Waals surface area contributed by atoms with E-state index in [1.165, 1.54) is 11.3 Å². The molecule has 1 heterocycles. The van der Waals surface area contributed by atoms with Gasteiger partial charge in [0.05, 0.1) is 6.33 Å². The minimum absolute atomic E-state index is 0.806. The highest BCUT2D eigenvalue weighted by Gasteiger charge is 2.00. The van der Waals surface area contributed by atoms with Crippen LogP contribution in [0.5, 0.6) is 0 Å². The van der Waals surface area contributed by atoms with Crippen molar-refractivity contribution in [3.05, 3.63) is 48.0 Å². The molecular weight excluding hydrogens is 186 g/mol. The van der Waals surface area contributed by atoms with Gasteiger partial charge in [-0.2, -0.15) is 0 Å². The van der Waals surface area contributed by atoms with Crippen LogP contribution in [0, 0.1) is 0 Å². The molecule has 0 atom stereocenters. The lowest BCUT2D eigenvalue weighted by Crippen LogP contribution is -2.02. The second kappa shape index (κ2) is 4.17. The maximum absolute atomic E-state index is 5.64. The number of rotatable bonds is 3. The summed E-state index contributed by atoms with van der Waals surface area (Å²) in [5.74, 6) is 0. The van der Waals surface area contributed by atoms with E-state index in [9.17, 15) is 0 Å².